The van der Waals surface area contributed by atoms with Gasteiger partial charge in [-0.25, -0.2) is 8.42 Å². The molecule has 0 aromatic rings. The van der Waals surface area contributed by atoms with Crippen LogP contribution in [-0.2, 0) is 19.4 Å². The Bertz CT molecular complexity index is 537. The van der Waals surface area contributed by atoms with Gasteiger partial charge in [0.05, 0.1) is 5.75 Å². The highest BCUT2D eigenvalue weighted by Crippen LogP contribution is 2.36. The van der Waals surface area contributed by atoms with Crippen molar-refractivity contribution in [2.45, 2.75) is 51.6 Å². The van der Waals surface area contributed by atoms with Crippen molar-refractivity contribution in [3.63, 3.8) is 0 Å². The lowest BCUT2D eigenvalue weighted by molar-refractivity contribution is -0.155. The Kier molecular flexibility index (Phi) is 4.33. The molecule has 0 spiro atoms. The number of hydrogen-bond donors (Lipinski definition) is 1. The second-order valence-corrected chi connectivity index (χ2v) is 8.79. The Balaban J connectivity index is 2.13. The fraction of sp³-hybridized carbons (Fsp3) is 0.857. The molecule has 0 aromatic heterocycles. The molecule has 2 rings (SSSR count). The van der Waals surface area contributed by atoms with Gasteiger partial charge in [-0.05, 0) is 39.0 Å². The summed E-state index contributed by atoms with van der Waals surface area (Å²) in [7, 11) is -3.17. The summed E-state index contributed by atoms with van der Waals surface area (Å²) in [5.41, 5.74) is -0.996. The van der Waals surface area contributed by atoms with Crippen LogP contribution < -0.4 is 5.32 Å². The molecule has 1 saturated heterocycles. The molecule has 1 aliphatic heterocycles. The standard InChI is InChI=1S/C14H24N2O4S/c1-4-8-21(19,20)9-7-16-12(17)11(10-5-6-10)15-13(18)14(16,2)3/h10-11H,4-9H2,1-3H3,(H,15,18). The second kappa shape index (κ2) is 5.59. The fourth-order valence-corrected chi connectivity index (χ4v) is 4.01. The van der Waals surface area contributed by atoms with Crippen molar-refractivity contribution in [1.29, 1.82) is 0 Å². The number of nitrogens with one attached hydrogen (secondary N) is 1. The summed E-state index contributed by atoms with van der Waals surface area (Å²) in [4.78, 5) is 26.2. The van der Waals surface area contributed by atoms with Crippen molar-refractivity contribution in [3.05, 3.63) is 0 Å². The molecule has 2 amide bonds. The molecule has 6 nitrogen and oxygen atoms in total. The smallest absolute Gasteiger partial charge is 0.246 e. The maximum Gasteiger partial charge on any atom is 0.246 e. The molecule has 0 bridgehead atoms. The summed E-state index contributed by atoms with van der Waals surface area (Å²) >= 11 is 0. The van der Waals surface area contributed by atoms with Gasteiger partial charge in [0.1, 0.15) is 11.6 Å². The third-order valence-corrected chi connectivity index (χ3v) is 6.12. The third-order valence-electron chi connectivity index (χ3n) is 4.28. The van der Waals surface area contributed by atoms with E-state index in [9.17, 15) is 18.0 Å². The number of carbonyl (C=O) groups is 2. The molecule has 2 aliphatic rings. The van der Waals surface area contributed by atoms with E-state index in [1.165, 1.54) is 4.90 Å². The molecule has 1 unspecified atom stereocenters. The van der Waals surface area contributed by atoms with E-state index in [4.69, 9.17) is 0 Å². The molecule has 1 heterocycles. The Hall–Kier alpha value is -1.11. The zero-order valence-corrected chi connectivity index (χ0v) is 13.7. The van der Waals surface area contributed by atoms with Crippen LogP contribution in [-0.4, -0.2) is 54.8 Å². The van der Waals surface area contributed by atoms with Gasteiger partial charge in [0.25, 0.3) is 0 Å². The minimum absolute atomic E-state index is 0.0827. The summed E-state index contributed by atoms with van der Waals surface area (Å²) < 4.78 is 23.7. The summed E-state index contributed by atoms with van der Waals surface area (Å²) in [5, 5.41) is 2.79. The zero-order valence-electron chi connectivity index (χ0n) is 12.9. The molecule has 1 atom stereocenters. The fourth-order valence-electron chi connectivity index (χ4n) is 2.73. The van der Waals surface area contributed by atoms with Crippen LogP contribution in [0.15, 0.2) is 0 Å². The van der Waals surface area contributed by atoms with Crippen LogP contribution in [0, 0.1) is 5.92 Å². The third kappa shape index (κ3) is 3.39. The zero-order chi connectivity index (χ0) is 15.8. The lowest BCUT2D eigenvalue weighted by atomic mass is 9.94. The van der Waals surface area contributed by atoms with E-state index in [1.807, 2.05) is 6.92 Å². The lowest BCUT2D eigenvalue weighted by Gasteiger charge is -2.44. The number of piperazine rings is 1. The molecule has 0 radical (unpaired) electrons. The first-order valence-corrected chi connectivity index (χ1v) is 9.34. The quantitative estimate of drug-likeness (QED) is 0.765. The summed E-state index contributed by atoms with van der Waals surface area (Å²) in [6.07, 6.45) is 2.45. The van der Waals surface area contributed by atoms with Crippen LogP contribution >= 0.6 is 0 Å². The van der Waals surface area contributed by atoms with Crippen LogP contribution in [0.3, 0.4) is 0 Å². The predicted molar refractivity (Wildman–Crippen MR) is 79.4 cm³/mol. The number of rotatable bonds is 6. The summed E-state index contributed by atoms with van der Waals surface area (Å²) in [5.74, 6) is -0.0954. The van der Waals surface area contributed by atoms with Gasteiger partial charge >= 0.3 is 0 Å². The van der Waals surface area contributed by atoms with Gasteiger partial charge < -0.3 is 10.2 Å². The van der Waals surface area contributed by atoms with E-state index >= 15 is 0 Å². The molecular weight excluding hydrogens is 292 g/mol. The maximum atomic E-state index is 12.6. The molecule has 1 saturated carbocycles. The van der Waals surface area contributed by atoms with Crippen LogP contribution in [0.25, 0.3) is 0 Å². The van der Waals surface area contributed by atoms with Crippen LogP contribution in [0.5, 0.6) is 0 Å². The second-order valence-electron chi connectivity index (χ2n) is 6.49. The van der Waals surface area contributed by atoms with E-state index in [2.05, 4.69) is 5.32 Å². The van der Waals surface area contributed by atoms with Gasteiger partial charge in [0.2, 0.25) is 11.8 Å². The predicted octanol–water partition coefficient (Wildman–Crippen LogP) is 0.327. The minimum Gasteiger partial charge on any atom is -0.342 e. The first-order chi connectivity index (χ1) is 9.69. The van der Waals surface area contributed by atoms with Crippen molar-refractivity contribution < 1.29 is 18.0 Å². The Morgan fingerprint density at radius 2 is 1.86 bits per heavy atom. The van der Waals surface area contributed by atoms with E-state index in [0.29, 0.717) is 6.42 Å². The molecule has 21 heavy (non-hydrogen) atoms. The van der Waals surface area contributed by atoms with Crippen LogP contribution in [0.2, 0.25) is 0 Å². The topological polar surface area (TPSA) is 83.6 Å². The molecule has 120 valence electrons. The summed E-state index contributed by atoms with van der Waals surface area (Å²) in [6.45, 7) is 5.22. The first kappa shape index (κ1) is 16.3. The highest BCUT2D eigenvalue weighted by molar-refractivity contribution is 7.91. The first-order valence-electron chi connectivity index (χ1n) is 7.52. The molecule has 0 aromatic carbocycles. The van der Waals surface area contributed by atoms with Crippen molar-refractivity contribution in [2.75, 3.05) is 18.1 Å². The number of sulfone groups is 1. The normalized spacial score (nSPS) is 25.9. The Morgan fingerprint density at radius 3 is 2.38 bits per heavy atom. The van der Waals surface area contributed by atoms with Gasteiger partial charge in [0.15, 0.2) is 9.84 Å². The molecular formula is C14H24N2O4S. The van der Waals surface area contributed by atoms with Crippen molar-refractivity contribution in [1.82, 2.24) is 10.2 Å². The minimum atomic E-state index is -3.17. The van der Waals surface area contributed by atoms with Gasteiger partial charge in [-0.15, -0.1) is 0 Å². The van der Waals surface area contributed by atoms with Crippen molar-refractivity contribution in [3.8, 4) is 0 Å². The highest BCUT2D eigenvalue weighted by atomic mass is 32.2. The number of hydrogen-bond acceptors (Lipinski definition) is 4. The molecule has 7 heteroatoms. The maximum absolute atomic E-state index is 12.6. The Labute approximate surface area is 126 Å². The van der Waals surface area contributed by atoms with Crippen molar-refractivity contribution >= 4 is 21.7 Å². The van der Waals surface area contributed by atoms with Gasteiger partial charge in [0, 0.05) is 12.3 Å². The van der Waals surface area contributed by atoms with E-state index in [-0.39, 0.29) is 35.8 Å². The average Bonchev–Trinajstić information content (AvgIpc) is 3.17. The average molecular weight is 316 g/mol. The van der Waals surface area contributed by atoms with Crippen molar-refractivity contribution in [2.24, 2.45) is 5.92 Å². The number of amides is 2. The van der Waals surface area contributed by atoms with Crippen LogP contribution in [0.1, 0.15) is 40.0 Å². The van der Waals surface area contributed by atoms with E-state index < -0.39 is 21.4 Å². The molecule has 1 aliphatic carbocycles. The van der Waals surface area contributed by atoms with E-state index in [0.717, 1.165) is 12.8 Å². The van der Waals surface area contributed by atoms with Crippen LogP contribution in [0.4, 0.5) is 0 Å². The highest BCUT2D eigenvalue weighted by Gasteiger charge is 2.50. The number of carbonyl (C=O) groups excluding carboxylic acids is 2. The molecule has 1 N–H and O–H groups in total. The molecule has 2 fully saturated rings. The largest absolute Gasteiger partial charge is 0.342 e. The van der Waals surface area contributed by atoms with Gasteiger partial charge in [-0.1, -0.05) is 6.92 Å². The van der Waals surface area contributed by atoms with E-state index in [1.54, 1.807) is 13.8 Å². The monoisotopic (exact) mass is 316 g/mol. The summed E-state index contributed by atoms with van der Waals surface area (Å²) in [6, 6.07) is -0.473. The Morgan fingerprint density at radius 1 is 1.24 bits per heavy atom. The van der Waals surface area contributed by atoms with Gasteiger partial charge in [-0.3, -0.25) is 9.59 Å². The number of nitrogens with zero attached hydrogens (tertiary/aromatic N) is 1. The lowest BCUT2D eigenvalue weighted by Crippen LogP contribution is -2.69. The van der Waals surface area contributed by atoms with Gasteiger partial charge in [-0.2, -0.15) is 0 Å². The SMILES string of the molecule is CCCS(=O)(=O)CCN1C(=O)C(C2CC2)NC(=O)C1(C)C.